The maximum absolute atomic E-state index is 11.6. The van der Waals surface area contributed by atoms with Crippen LogP contribution in [0.2, 0.25) is 0 Å². The number of nitrogens with one attached hydrogen (secondary N) is 1. The standard InChI is InChI=1S/C16H25N3O3S.HI/c1-5-13-10-19(6-7-23-13)16(17-3)18-9-12-8-14(11(2)22-12)15(20)21-4;/h8,13H,5-7,9-10H2,1-4H3,(H,17,18);1H. The maximum Gasteiger partial charge on any atom is 0.341 e. The third-order valence-corrected chi connectivity index (χ3v) is 5.27. The van der Waals surface area contributed by atoms with Crippen LogP contribution in [0.25, 0.3) is 0 Å². The van der Waals surface area contributed by atoms with Crippen LogP contribution in [0, 0.1) is 6.92 Å². The van der Waals surface area contributed by atoms with Gasteiger partial charge in [-0.25, -0.2) is 4.79 Å². The van der Waals surface area contributed by atoms with Gasteiger partial charge in [-0.2, -0.15) is 11.8 Å². The average molecular weight is 467 g/mol. The number of hydrogen-bond donors (Lipinski definition) is 1. The van der Waals surface area contributed by atoms with Crippen LogP contribution in [0.5, 0.6) is 0 Å². The van der Waals surface area contributed by atoms with Crippen molar-refractivity contribution in [3.63, 3.8) is 0 Å². The van der Waals surface area contributed by atoms with Crippen molar-refractivity contribution in [3.8, 4) is 0 Å². The lowest BCUT2D eigenvalue weighted by atomic mass is 10.2. The molecule has 0 spiro atoms. The molecular formula is C16H26IN3O3S. The molecule has 1 unspecified atom stereocenters. The molecule has 1 saturated heterocycles. The number of furan rings is 1. The van der Waals surface area contributed by atoms with Gasteiger partial charge >= 0.3 is 5.97 Å². The lowest BCUT2D eigenvalue weighted by Crippen LogP contribution is -2.47. The Kier molecular flexibility index (Phi) is 8.96. The quantitative estimate of drug-likeness (QED) is 0.318. The Bertz CT molecular complexity index is 577. The predicted octanol–water partition coefficient (Wildman–Crippen LogP) is 2.90. The van der Waals surface area contributed by atoms with E-state index in [1.165, 1.54) is 7.11 Å². The van der Waals surface area contributed by atoms with Crippen molar-refractivity contribution >= 4 is 47.7 Å². The van der Waals surface area contributed by atoms with Crippen molar-refractivity contribution in [2.24, 2.45) is 4.99 Å². The number of guanidine groups is 1. The van der Waals surface area contributed by atoms with Gasteiger partial charge < -0.3 is 19.4 Å². The molecule has 0 bridgehead atoms. The number of aryl methyl sites for hydroxylation is 1. The first-order chi connectivity index (χ1) is 11.1. The van der Waals surface area contributed by atoms with Gasteiger partial charge in [-0.1, -0.05) is 6.92 Å². The summed E-state index contributed by atoms with van der Waals surface area (Å²) in [7, 11) is 3.16. The first-order valence-corrected chi connectivity index (χ1v) is 8.88. The largest absolute Gasteiger partial charge is 0.465 e. The third kappa shape index (κ3) is 5.30. The van der Waals surface area contributed by atoms with E-state index < -0.39 is 0 Å². The van der Waals surface area contributed by atoms with Crippen LogP contribution in [-0.4, -0.2) is 55.1 Å². The van der Waals surface area contributed by atoms with Gasteiger partial charge in [0.05, 0.1) is 13.7 Å². The zero-order valence-corrected chi connectivity index (χ0v) is 17.8. The van der Waals surface area contributed by atoms with Crippen LogP contribution in [0.3, 0.4) is 0 Å². The highest BCUT2D eigenvalue weighted by Crippen LogP contribution is 2.21. The summed E-state index contributed by atoms with van der Waals surface area (Å²) >= 11 is 2.03. The highest BCUT2D eigenvalue weighted by atomic mass is 127. The second-order valence-electron chi connectivity index (χ2n) is 5.42. The Labute approximate surface area is 164 Å². The first kappa shape index (κ1) is 21.1. The molecular weight excluding hydrogens is 441 g/mol. The van der Waals surface area contributed by atoms with Gasteiger partial charge in [-0.3, -0.25) is 4.99 Å². The van der Waals surface area contributed by atoms with Gasteiger partial charge in [-0.15, -0.1) is 24.0 Å². The number of halogens is 1. The Morgan fingerprint density at radius 1 is 1.58 bits per heavy atom. The van der Waals surface area contributed by atoms with E-state index in [9.17, 15) is 4.79 Å². The zero-order valence-electron chi connectivity index (χ0n) is 14.6. The number of carbonyl (C=O) groups excluding carboxylic acids is 1. The molecule has 2 heterocycles. The van der Waals surface area contributed by atoms with Crippen LogP contribution in [0.4, 0.5) is 0 Å². The topological polar surface area (TPSA) is 67.1 Å². The van der Waals surface area contributed by atoms with Gasteiger partial charge in [0.1, 0.15) is 17.1 Å². The van der Waals surface area contributed by atoms with Gasteiger partial charge in [0.2, 0.25) is 0 Å². The molecule has 1 aromatic rings. The number of rotatable bonds is 4. The first-order valence-electron chi connectivity index (χ1n) is 7.83. The number of methoxy groups -OCH3 is 1. The summed E-state index contributed by atoms with van der Waals surface area (Å²) in [5.41, 5.74) is 0.472. The summed E-state index contributed by atoms with van der Waals surface area (Å²) in [5.74, 6) is 2.88. The van der Waals surface area contributed by atoms with Crippen LogP contribution in [-0.2, 0) is 11.3 Å². The maximum atomic E-state index is 11.6. The summed E-state index contributed by atoms with van der Waals surface area (Å²) in [6.45, 7) is 6.47. The lowest BCUT2D eigenvalue weighted by molar-refractivity contribution is 0.0599. The molecule has 1 aromatic heterocycles. The molecule has 0 radical (unpaired) electrons. The van der Waals surface area contributed by atoms with Gasteiger partial charge in [0, 0.05) is 31.1 Å². The molecule has 0 aromatic carbocycles. The van der Waals surface area contributed by atoms with Crippen molar-refractivity contribution in [2.75, 3.05) is 33.0 Å². The monoisotopic (exact) mass is 467 g/mol. The van der Waals surface area contributed by atoms with Gasteiger partial charge in [-0.05, 0) is 19.4 Å². The SMILES string of the molecule is CCC1CN(C(=NC)NCc2cc(C(=O)OC)c(C)o2)CCS1.I. The minimum atomic E-state index is -0.374. The zero-order chi connectivity index (χ0) is 16.8. The average Bonchev–Trinajstić information content (AvgIpc) is 2.95. The molecule has 1 atom stereocenters. The molecule has 24 heavy (non-hydrogen) atoms. The number of carbonyl (C=O) groups is 1. The van der Waals surface area contributed by atoms with E-state index in [1.54, 1.807) is 20.0 Å². The van der Waals surface area contributed by atoms with E-state index in [2.05, 4.69) is 22.1 Å². The minimum absolute atomic E-state index is 0. The van der Waals surface area contributed by atoms with Crippen molar-refractivity contribution in [2.45, 2.75) is 32.1 Å². The van der Waals surface area contributed by atoms with E-state index in [0.717, 1.165) is 31.2 Å². The van der Waals surface area contributed by atoms with E-state index >= 15 is 0 Å². The molecule has 8 heteroatoms. The van der Waals surface area contributed by atoms with Crippen molar-refractivity contribution in [1.29, 1.82) is 0 Å². The fourth-order valence-electron chi connectivity index (χ4n) is 2.60. The number of ether oxygens (including phenoxy) is 1. The highest BCUT2D eigenvalue weighted by Gasteiger charge is 2.22. The van der Waals surface area contributed by atoms with Crippen molar-refractivity contribution in [3.05, 3.63) is 23.2 Å². The van der Waals surface area contributed by atoms with E-state index in [1.807, 2.05) is 11.8 Å². The third-order valence-electron chi connectivity index (χ3n) is 3.90. The second kappa shape index (κ2) is 10.2. The fourth-order valence-corrected chi connectivity index (χ4v) is 3.78. The number of thioether (sulfide) groups is 1. The fraction of sp³-hybridized carbons (Fsp3) is 0.625. The highest BCUT2D eigenvalue weighted by molar-refractivity contribution is 14.0. The Balaban J connectivity index is 0.00000288. The summed E-state index contributed by atoms with van der Waals surface area (Å²) in [6, 6.07) is 1.72. The molecule has 136 valence electrons. The number of nitrogens with zero attached hydrogens (tertiary/aromatic N) is 2. The molecule has 1 fully saturated rings. The summed E-state index contributed by atoms with van der Waals surface area (Å²) < 4.78 is 10.4. The summed E-state index contributed by atoms with van der Waals surface area (Å²) in [6.07, 6.45) is 1.16. The van der Waals surface area contributed by atoms with Crippen LogP contribution < -0.4 is 5.32 Å². The predicted molar refractivity (Wildman–Crippen MR) is 109 cm³/mol. The summed E-state index contributed by atoms with van der Waals surface area (Å²) in [4.78, 5) is 18.3. The summed E-state index contributed by atoms with van der Waals surface area (Å²) in [5, 5.41) is 3.97. The Morgan fingerprint density at radius 3 is 2.96 bits per heavy atom. The van der Waals surface area contributed by atoms with Crippen molar-refractivity contribution in [1.82, 2.24) is 10.2 Å². The van der Waals surface area contributed by atoms with E-state index in [4.69, 9.17) is 9.15 Å². The van der Waals surface area contributed by atoms with Crippen LogP contribution in [0.1, 0.15) is 35.2 Å². The Morgan fingerprint density at radius 2 is 2.33 bits per heavy atom. The minimum Gasteiger partial charge on any atom is -0.465 e. The molecule has 0 saturated carbocycles. The molecule has 0 aliphatic carbocycles. The molecule has 1 aliphatic rings. The van der Waals surface area contributed by atoms with Crippen LogP contribution >= 0.6 is 35.7 Å². The van der Waals surface area contributed by atoms with Crippen molar-refractivity contribution < 1.29 is 13.9 Å². The lowest BCUT2D eigenvalue weighted by Gasteiger charge is -2.34. The molecule has 0 amide bonds. The van der Waals surface area contributed by atoms with Gasteiger partial charge in [0.15, 0.2) is 5.96 Å². The molecule has 6 nitrogen and oxygen atoms in total. The Hall–Kier alpha value is -0.900. The molecule has 2 rings (SSSR count). The van der Waals surface area contributed by atoms with Crippen LogP contribution in [0.15, 0.2) is 15.5 Å². The number of aliphatic imine (C=N–C) groups is 1. The number of esters is 1. The molecule has 1 N–H and O–H groups in total. The number of hydrogen-bond acceptors (Lipinski definition) is 5. The smallest absolute Gasteiger partial charge is 0.341 e. The normalized spacial score (nSPS) is 18.1. The molecule has 1 aliphatic heterocycles. The van der Waals surface area contributed by atoms with Gasteiger partial charge in [0.25, 0.3) is 0 Å². The second-order valence-corrected chi connectivity index (χ2v) is 6.83. The van der Waals surface area contributed by atoms with E-state index in [0.29, 0.717) is 28.9 Å². The van der Waals surface area contributed by atoms with E-state index in [-0.39, 0.29) is 29.9 Å².